The smallest absolute Gasteiger partial charge is 0.335 e. The molecule has 0 N–H and O–H groups in total. The number of carbonyl (C=O) groups excluding carboxylic acids is 3. The first-order chi connectivity index (χ1) is 24.6. The molecule has 0 bridgehead atoms. The van der Waals surface area contributed by atoms with Crippen molar-refractivity contribution in [2.75, 3.05) is 33.7 Å². The first-order valence-corrected chi connectivity index (χ1v) is 22.7. The summed E-state index contributed by atoms with van der Waals surface area (Å²) in [6.45, 7) is 18.5. The van der Waals surface area contributed by atoms with Crippen LogP contribution in [0.3, 0.4) is 0 Å². The molecule has 1 unspecified atom stereocenters. The third-order valence-corrected chi connectivity index (χ3v) is 16.8. The average molecular weight is 753 g/mol. The van der Waals surface area contributed by atoms with Gasteiger partial charge in [-0.1, -0.05) is 86.1 Å². The van der Waals surface area contributed by atoms with E-state index in [1.54, 1.807) is 7.11 Å². The van der Waals surface area contributed by atoms with Gasteiger partial charge in [0.2, 0.25) is 6.29 Å². The van der Waals surface area contributed by atoms with E-state index in [-0.39, 0.29) is 17.7 Å². The number of methoxy groups -OCH3 is 1. The van der Waals surface area contributed by atoms with Crippen LogP contribution in [0, 0.1) is 22.7 Å². The number of ether oxygens (including phenoxy) is 7. The zero-order chi connectivity index (χ0) is 38.2. The van der Waals surface area contributed by atoms with E-state index >= 15 is 0 Å². The quantitative estimate of drug-likeness (QED) is 0.0401. The van der Waals surface area contributed by atoms with Gasteiger partial charge in [0.1, 0.15) is 24.6 Å². The molecule has 1 saturated carbocycles. The number of unbranched alkanes of at least 4 members (excludes halogenated alkanes) is 5. The van der Waals surface area contributed by atoms with Gasteiger partial charge in [0.15, 0.2) is 20.7 Å². The first-order valence-electron chi connectivity index (χ1n) is 19.8. The highest BCUT2D eigenvalue weighted by Gasteiger charge is 2.75. The Morgan fingerprint density at radius 2 is 1.83 bits per heavy atom. The molecule has 2 aliphatic heterocycles. The lowest BCUT2D eigenvalue weighted by Crippen LogP contribution is -2.67. The van der Waals surface area contributed by atoms with Crippen molar-refractivity contribution >= 4 is 26.5 Å². The molecule has 0 aromatic heterocycles. The Labute approximate surface area is 313 Å². The fourth-order valence-electron chi connectivity index (χ4n) is 8.47. The summed E-state index contributed by atoms with van der Waals surface area (Å²) in [5.74, 6) is -2.24. The molecule has 0 aromatic rings. The number of hydrogen-bond acceptors (Lipinski definition) is 11. The molecule has 0 amide bonds. The van der Waals surface area contributed by atoms with Gasteiger partial charge in [-0.2, -0.15) is 0 Å². The van der Waals surface area contributed by atoms with Crippen LogP contribution in [-0.4, -0.2) is 91.2 Å². The van der Waals surface area contributed by atoms with E-state index in [2.05, 4.69) is 54.6 Å². The lowest BCUT2D eigenvalue weighted by Gasteiger charge is -2.59. The maximum Gasteiger partial charge on any atom is 0.335 e. The normalized spacial score (nSPS) is 30.9. The van der Waals surface area contributed by atoms with Gasteiger partial charge in [0.05, 0.1) is 25.2 Å². The zero-order valence-corrected chi connectivity index (χ0v) is 34.5. The number of esters is 2. The summed E-state index contributed by atoms with van der Waals surface area (Å²) in [4.78, 5) is 42.2. The predicted octanol–water partition coefficient (Wildman–Crippen LogP) is 7.65. The Morgan fingerprint density at radius 3 is 2.48 bits per heavy atom. The van der Waals surface area contributed by atoms with E-state index in [9.17, 15) is 14.4 Å². The Morgan fingerprint density at radius 1 is 1.10 bits per heavy atom. The molecule has 298 valence electrons. The van der Waals surface area contributed by atoms with Crippen molar-refractivity contribution in [3.63, 3.8) is 0 Å². The van der Waals surface area contributed by atoms with Gasteiger partial charge >= 0.3 is 11.9 Å². The molecule has 4 aliphatic rings. The summed E-state index contributed by atoms with van der Waals surface area (Å²) in [7, 11) is -0.895. The van der Waals surface area contributed by atoms with Gasteiger partial charge in [0.25, 0.3) is 0 Å². The second-order valence-electron chi connectivity index (χ2n) is 17.4. The summed E-state index contributed by atoms with van der Waals surface area (Å²) in [5, 5.41) is -0.164. The number of hydrogen-bond donors (Lipinski definition) is 0. The average Bonchev–Trinajstić information content (AvgIpc) is 3.37. The van der Waals surface area contributed by atoms with Crippen molar-refractivity contribution < 1.29 is 52.0 Å². The summed E-state index contributed by atoms with van der Waals surface area (Å²) in [6.07, 6.45) is 8.68. The highest BCUT2D eigenvalue weighted by molar-refractivity contribution is 6.74. The first kappa shape index (κ1) is 43.1. The number of aldehydes is 1. The molecule has 0 radical (unpaired) electrons. The minimum Gasteiger partial charge on any atom is -0.456 e. The third-order valence-electron chi connectivity index (χ3n) is 12.3. The molecule has 52 heavy (non-hydrogen) atoms. The molecular formula is C40H68O11Si. The Bertz CT molecular complexity index is 1210. The summed E-state index contributed by atoms with van der Waals surface area (Å²) in [6, 6.07) is 0. The molecule has 4 rings (SSSR count). The van der Waals surface area contributed by atoms with E-state index in [0.717, 1.165) is 51.2 Å². The molecule has 11 nitrogen and oxygen atoms in total. The molecule has 0 aromatic carbocycles. The Hall–Kier alpha value is -1.67. The van der Waals surface area contributed by atoms with Crippen molar-refractivity contribution in [1.82, 2.24) is 0 Å². The van der Waals surface area contributed by atoms with Crippen molar-refractivity contribution in [3.05, 3.63) is 11.6 Å². The van der Waals surface area contributed by atoms with Crippen molar-refractivity contribution in [1.29, 1.82) is 0 Å². The highest BCUT2D eigenvalue weighted by Crippen LogP contribution is 2.65. The number of carbonyl (C=O) groups is 3. The van der Waals surface area contributed by atoms with Crippen molar-refractivity contribution in [3.8, 4) is 0 Å². The van der Waals surface area contributed by atoms with Crippen LogP contribution in [0.15, 0.2) is 11.6 Å². The molecule has 2 aliphatic carbocycles. The SMILES string of the molecule is CCCCCCCC[C@@H](OCOCCOC)C(=O)O[C@H]1[C@@H](O[Si](C)(C)C(C)(C)C)CC(C)(C)[C@@H]2CC=C(C=O)[C@@H]3[C@@H](OC4CCCCO4)OC(=O)[C@]312. The van der Waals surface area contributed by atoms with Crippen LogP contribution in [0.2, 0.25) is 18.1 Å². The predicted molar refractivity (Wildman–Crippen MR) is 199 cm³/mol. The second kappa shape index (κ2) is 18.8. The van der Waals surface area contributed by atoms with Gasteiger partial charge in [-0.3, -0.25) is 9.59 Å². The number of cyclic esters (lactones) is 1. The number of rotatable bonds is 20. The minimum absolute atomic E-state index is 0.103. The maximum atomic E-state index is 14.8. The van der Waals surface area contributed by atoms with E-state index in [4.69, 9.17) is 37.6 Å². The molecule has 8 atom stereocenters. The largest absolute Gasteiger partial charge is 0.456 e. The van der Waals surface area contributed by atoms with Crippen LogP contribution in [0.1, 0.15) is 119 Å². The monoisotopic (exact) mass is 752 g/mol. The van der Waals surface area contributed by atoms with Crippen LogP contribution in [-0.2, 0) is 52.0 Å². The Kier molecular flexibility index (Phi) is 15.5. The standard InChI is InChI=1S/C40H68O11Si/c1-10-11-12-13-14-15-18-29(47-27-45-24-23-44-7)35(42)49-34-30(51-52(8,9)38(2,3)4)25-39(5,6)31-21-20-28(26-41)33-36(50-37(43)40(31,33)34)48-32-19-16-17-22-46-32/h20,26,29-34,36H,10-19,21-25,27H2,1-9H3/t29-,30+,31+,32?,33-,34+,36+,40-/m1/s1. The van der Waals surface area contributed by atoms with Crippen molar-refractivity contribution in [2.45, 2.75) is 168 Å². The molecule has 3 fully saturated rings. The van der Waals surface area contributed by atoms with Crippen LogP contribution >= 0.6 is 0 Å². The van der Waals surface area contributed by atoms with E-state index < -0.39 is 67.9 Å². The van der Waals surface area contributed by atoms with Crippen LogP contribution in [0.5, 0.6) is 0 Å². The highest BCUT2D eigenvalue weighted by atomic mass is 28.4. The summed E-state index contributed by atoms with van der Waals surface area (Å²) >= 11 is 0. The van der Waals surface area contributed by atoms with Gasteiger partial charge in [-0.15, -0.1) is 0 Å². The van der Waals surface area contributed by atoms with Gasteiger partial charge < -0.3 is 37.6 Å². The van der Waals surface area contributed by atoms with Gasteiger partial charge in [-0.25, -0.2) is 4.79 Å². The number of allylic oxidation sites excluding steroid dienone is 1. The molecule has 2 saturated heterocycles. The molecule has 12 heteroatoms. The van der Waals surface area contributed by atoms with E-state index in [1.165, 1.54) is 6.42 Å². The van der Waals surface area contributed by atoms with Gasteiger partial charge in [-0.05, 0) is 73.6 Å². The summed E-state index contributed by atoms with van der Waals surface area (Å²) in [5.41, 5.74) is -1.47. The Balaban J connectivity index is 1.75. The third kappa shape index (κ3) is 9.76. The van der Waals surface area contributed by atoms with Crippen LogP contribution < -0.4 is 0 Å². The fourth-order valence-corrected chi connectivity index (χ4v) is 9.79. The fraction of sp³-hybridized carbons (Fsp3) is 0.875. The minimum atomic E-state index is -2.49. The second-order valence-corrected chi connectivity index (χ2v) is 22.2. The topological polar surface area (TPSA) is 125 Å². The summed E-state index contributed by atoms with van der Waals surface area (Å²) < 4.78 is 49.2. The van der Waals surface area contributed by atoms with E-state index in [0.29, 0.717) is 51.1 Å². The molecular weight excluding hydrogens is 685 g/mol. The molecule has 2 heterocycles. The lowest BCUT2D eigenvalue weighted by molar-refractivity contribution is -0.251. The van der Waals surface area contributed by atoms with Crippen LogP contribution in [0.25, 0.3) is 0 Å². The lowest BCUT2D eigenvalue weighted by atomic mass is 9.46. The van der Waals surface area contributed by atoms with Crippen molar-refractivity contribution in [2.24, 2.45) is 22.7 Å². The van der Waals surface area contributed by atoms with E-state index in [1.807, 2.05) is 6.08 Å². The molecule has 1 spiro atoms. The van der Waals surface area contributed by atoms with Crippen LogP contribution in [0.4, 0.5) is 0 Å². The maximum absolute atomic E-state index is 14.8. The van der Waals surface area contributed by atoms with Gasteiger partial charge in [0, 0.05) is 13.7 Å². The zero-order valence-electron chi connectivity index (χ0n) is 33.5.